The van der Waals surface area contributed by atoms with Gasteiger partial charge in [0.15, 0.2) is 0 Å². The number of hydrogen-bond acceptors (Lipinski definition) is 2. The van der Waals surface area contributed by atoms with Crippen LogP contribution in [-0.4, -0.2) is 14.2 Å². The van der Waals surface area contributed by atoms with Gasteiger partial charge in [-0.3, -0.25) is 0 Å². The van der Waals surface area contributed by atoms with Gasteiger partial charge in [-0.05, 0) is 0 Å². The van der Waals surface area contributed by atoms with E-state index in [1.165, 1.54) is 21.0 Å². The van der Waals surface area contributed by atoms with Gasteiger partial charge < -0.3 is 9.47 Å². The van der Waals surface area contributed by atoms with Gasteiger partial charge in [0.1, 0.15) is 0 Å². The summed E-state index contributed by atoms with van der Waals surface area (Å²) in [6.07, 6.45) is 0. The molecule has 0 fully saturated rings. The first-order valence-corrected chi connectivity index (χ1v) is 1.29. The Morgan fingerprint density at radius 1 is 1.17 bits per heavy atom. The van der Waals surface area contributed by atoms with E-state index in [0.717, 1.165) is 0 Å². The summed E-state index contributed by atoms with van der Waals surface area (Å²) in [6, 6.07) is 0. The SMILES string of the molecule is CO[CH-]OC.[Y]. The van der Waals surface area contributed by atoms with Crippen molar-refractivity contribution < 1.29 is 42.2 Å². The fraction of sp³-hybridized carbons (Fsp3) is 0.667. The number of rotatable bonds is 2. The molecule has 0 aromatic carbocycles. The van der Waals surface area contributed by atoms with Crippen molar-refractivity contribution in [2.24, 2.45) is 0 Å². The molecule has 0 spiro atoms. The Hall–Kier alpha value is 1.02. The standard InChI is InChI=1S/C3H7O2.Y/c1-4-3-5-2;/h3H,1-2H3;/q-1;. The van der Waals surface area contributed by atoms with E-state index in [2.05, 4.69) is 9.47 Å². The van der Waals surface area contributed by atoms with Crippen LogP contribution in [-0.2, 0) is 42.2 Å². The van der Waals surface area contributed by atoms with Crippen molar-refractivity contribution in [1.29, 1.82) is 0 Å². The summed E-state index contributed by atoms with van der Waals surface area (Å²) in [5.41, 5.74) is 0. The van der Waals surface area contributed by atoms with Crippen LogP contribution in [0.25, 0.3) is 0 Å². The topological polar surface area (TPSA) is 18.5 Å². The van der Waals surface area contributed by atoms with Gasteiger partial charge in [-0.1, -0.05) is 6.79 Å². The van der Waals surface area contributed by atoms with Crippen LogP contribution in [0, 0.1) is 6.79 Å². The summed E-state index contributed by atoms with van der Waals surface area (Å²) < 4.78 is 8.69. The van der Waals surface area contributed by atoms with E-state index in [1.54, 1.807) is 0 Å². The number of methoxy groups -OCH3 is 2. The molecule has 3 heteroatoms. The summed E-state index contributed by atoms with van der Waals surface area (Å²) >= 11 is 0. The zero-order valence-corrected chi connectivity index (χ0v) is 6.81. The first-order valence-electron chi connectivity index (χ1n) is 1.29. The Bertz CT molecular complexity index is 16.3. The minimum atomic E-state index is 0. The third kappa shape index (κ3) is 8.90. The minimum absolute atomic E-state index is 0. The summed E-state index contributed by atoms with van der Waals surface area (Å²) in [6.45, 7) is 1.25. The zero-order valence-electron chi connectivity index (χ0n) is 3.97. The molecule has 0 rings (SSSR count). The fourth-order valence-electron chi connectivity index (χ4n) is 0.0962. The fourth-order valence-corrected chi connectivity index (χ4v) is 0.0962. The molecule has 0 heterocycles. The van der Waals surface area contributed by atoms with Crippen LogP contribution >= 0.6 is 0 Å². The van der Waals surface area contributed by atoms with Gasteiger partial charge in [-0.25, -0.2) is 0 Å². The molecule has 0 N–H and O–H groups in total. The van der Waals surface area contributed by atoms with Crippen molar-refractivity contribution in [3.63, 3.8) is 0 Å². The van der Waals surface area contributed by atoms with Crippen molar-refractivity contribution in [2.45, 2.75) is 0 Å². The van der Waals surface area contributed by atoms with Crippen LogP contribution in [0.2, 0.25) is 0 Å². The molecule has 0 aromatic heterocycles. The molecule has 0 amide bonds. The second-order valence-electron chi connectivity index (χ2n) is 0.568. The summed E-state index contributed by atoms with van der Waals surface area (Å²) in [5.74, 6) is 0. The van der Waals surface area contributed by atoms with E-state index >= 15 is 0 Å². The van der Waals surface area contributed by atoms with Crippen LogP contribution in [0.1, 0.15) is 0 Å². The Kier molecular flexibility index (Phi) is 15.8. The Morgan fingerprint density at radius 3 is 1.50 bits per heavy atom. The molecule has 0 aromatic rings. The zero-order chi connectivity index (χ0) is 4.12. The maximum Gasteiger partial charge on any atom is 0.00103 e. The molecule has 0 aliphatic heterocycles. The van der Waals surface area contributed by atoms with E-state index < -0.39 is 0 Å². The Labute approximate surface area is 63.1 Å². The smallest absolute Gasteiger partial charge is 0.00103 e. The molecule has 0 bridgehead atoms. The second-order valence-corrected chi connectivity index (χ2v) is 0.568. The van der Waals surface area contributed by atoms with Crippen molar-refractivity contribution >= 4 is 0 Å². The quantitative estimate of drug-likeness (QED) is 0.549. The molecule has 0 aliphatic carbocycles. The van der Waals surface area contributed by atoms with E-state index in [4.69, 9.17) is 0 Å². The van der Waals surface area contributed by atoms with Crippen LogP contribution in [0.4, 0.5) is 0 Å². The maximum atomic E-state index is 4.34. The largest absolute Gasteiger partial charge is 0.527 e. The average molecular weight is 164 g/mol. The van der Waals surface area contributed by atoms with Crippen LogP contribution in [0.15, 0.2) is 0 Å². The summed E-state index contributed by atoms with van der Waals surface area (Å²) in [5, 5.41) is 0. The molecule has 6 heavy (non-hydrogen) atoms. The molecule has 2 nitrogen and oxygen atoms in total. The second kappa shape index (κ2) is 9.39. The molecule has 1 radical (unpaired) electrons. The Morgan fingerprint density at radius 2 is 1.50 bits per heavy atom. The molecule has 0 saturated heterocycles. The third-order valence-electron chi connectivity index (χ3n) is 0.192. The van der Waals surface area contributed by atoms with Crippen LogP contribution in [0.3, 0.4) is 0 Å². The average Bonchev–Trinajstić information content (AvgIpc) is 1.41. The molecular formula is C3H7O2Y-. The predicted molar refractivity (Wildman–Crippen MR) is 18.3 cm³/mol. The molecular weight excluding hydrogens is 157 g/mol. The molecule has 0 unspecified atom stereocenters. The van der Waals surface area contributed by atoms with Gasteiger partial charge in [0.25, 0.3) is 0 Å². The first-order chi connectivity index (χ1) is 2.41. The molecule has 0 aliphatic rings. The molecule has 35 valence electrons. The van der Waals surface area contributed by atoms with Gasteiger partial charge >= 0.3 is 0 Å². The van der Waals surface area contributed by atoms with Crippen molar-refractivity contribution in [1.82, 2.24) is 0 Å². The first kappa shape index (κ1) is 10.1. The summed E-state index contributed by atoms with van der Waals surface area (Å²) in [4.78, 5) is 0. The van der Waals surface area contributed by atoms with Gasteiger partial charge in [0, 0.05) is 46.9 Å². The molecule has 0 atom stereocenters. The van der Waals surface area contributed by atoms with Gasteiger partial charge in [-0.2, -0.15) is 0 Å². The van der Waals surface area contributed by atoms with Crippen molar-refractivity contribution in [3.8, 4) is 0 Å². The Balaban J connectivity index is 0. The van der Waals surface area contributed by atoms with E-state index in [9.17, 15) is 0 Å². The van der Waals surface area contributed by atoms with Gasteiger partial charge in [-0.15, -0.1) is 0 Å². The minimum Gasteiger partial charge on any atom is -0.527 e. The van der Waals surface area contributed by atoms with E-state index in [0.29, 0.717) is 0 Å². The normalized spacial score (nSPS) is 7.00. The maximum absolute atomic E-state index is 4.34. The molecule has 0 saturated carbocycles. The third-order valence-corrected chi connectivity index (χ3v) is 0.192. The number of hydrogen-bond donors (Lipinski definition) is 0. The van der Waals surface area contributed by atoms with Crippen LogP contribution in [0.5, 0.6) is 0 Å². The van der Waals surface area contributed by atoms with Gasteiger partial charge in [0.05, 0.1) is 0 Å². The van der Waals surface area contributed by atoms with Crippen LogP contribution < -0.4 is 0 Å². The van der Waals surface area contributed by atoms with E-state index in [-0.39, 0.29) is 32.7 Å². The van der Waals surface area contributed by atoms with Crippen molar-refractivity contribution in [2.75, 3.05) is 14.2 Å². The predicted octanol–water partition coefficient (Wildman–Crippen LogP) is 0.396. The van der Waals surface area contributed by atoms with Crippen molar-refractivity contribution in [3.05, 3.63) is 6.79 Å². The summed E-state index contributed by atoms with van der Waals surface area (Å²) in [7, 11) is 3.06. The number of ether oxygens (including phenoxy) is 2. The van der Waals surface area contributed by atoms with E-state index in [1.807, 2.05) is 0 Å². The monoisotopic (exact) mass is 164 g/mol. The van der Waals surface area contributed by atoms with Gasteiger partial charge in [0.2, 0.25) is 0 Å².